The van der Waals surface area contributed by atoms with Crippen LogP contribution in [0.3, 0.4) is 0 Å². The van der Waals surface area contributed by atoms with Gasteiger partial charge in [-0.1, -0.05) is 24.3 Å². The molecule has 0 radical (unpaired) electrons. The molecule has 1 aliphatic heterocycles. The van der Waals surface area contributed by atoms with Gasteiger partial charge in [0.15, 0.2) is 5.96 Å². The fraction of sp³-hybridized carbons (Fsp3) is 0.286. The molecule has 0 spiro atoms. The summed E-state index contributed by atoms with van der Waals surface area (Å²) >= 11 is 0. The van der Waals surface area contributed by atoms with Gasteiger partial charge in [0.1, 0.15) is 0 Å². The summed E-state index contributed by atoms with van der Waals surface area (Å²) in [5.74, 6) is 0.253. The van der Waals surface area contributed by atoms with Crippen LogP contribution in [0.25, 0.3) is 0 Å². The second-order valence-corrected chi connectivity index (χ2v) is 4.72. The smallest absolute Gasteiger partial charge is 0.369 e. The van der Waals surface area contributed by atoms with Gasteiger partial charge < -0.3 is 16.4 Å². The number of nitrogens with two attached hydrogens (primary N) is 2. The summed E-state index contributed by atoms with van der Waals surface area (Å²) in [6, 6.07) is 4.73. The van der Waals surface area contributed by atoms with E-state index < -0.39 is 11.7 Å². The minimum atomic E-state index is -4.34. The molecule has 0 fully saturated rings. The Morgan fingerprint density at radius 2 is 1.68 bits per heavy atom. The van der Waals surface area contributed by atoms with Crippen molar-refractivity contribution in [3.8, 4) is 0 Å². The number of aliphatic imine (C=N–C) groups is 2. The number of alkyl halides is 3. The summed E-state index contributed by atoms with van der Waals surface area (Å²) in [6.45, 7) is 1.47. The monoisotopic (exact) mass is 311 g/mol. The van der Waals surface area contributed by atoms with E-state index >= 15 is 0 Å². The molecule has 0 aromatic heterocycles. The van der Waals surface area contributed by atoms with Crippen molar-refractivity contribution >= 4 is 11.9 Å². The van der Waals surface area contributed by atoms with E-state index in [-0.39, 0.29) is 18.5 Å². The fourth-order valence-electron chi connectivity index (χ4n) is 1.86. The van der Waals surface area contributed by atoms with E-state index in [1.165, 1.54) is 12.1 Å². The van der Waals surface area contributed by atoms with Crippen molar-refractivity contribution in [1.29, 1.82) is 0 Å². The standard InChI is InChI=1S/C14H16F3N5/c15-14(16,17)11-5-3-10(4-6-11)9-20-12(18)21-13(19)22-7-1-2-8-22/h1-6H,7-9H2,(H4,18,19,20,21). The van der Waals surface area contributed by atoms with Gasteiger partial charge >= 0.3 is 6.18 Å². The molecule has 2 rings (SSSR count). The highest BCUT2D eigenvalue weighted by Crippen LogP contribution is 2.29. The van der Waals surface area contributed by atoms with Gasteiger partial charge in [0.05, 0.1) is 12.1 Å². The van der Waals surface area contributed by atoms with Crippen molar-refractivity contribution in [2.24, 2.45) is 21.5 Å². The second kappa shape index (κ2) is 6.50. The van der Waals surface area contributed by atoms with E-state index in [4.69, 9.17) is 11.5 Å². The van der Waals surface area contributed by atoms with Gasteiger partial charge in [0, 0.05) is 13.1 Å². The maximum Gasteiger partial charge on any atom is 0.416 e. The Labute approximate surface area is 125 Å². The molecule has 22 heavy (non-hydrogen) atoms. The largest absolute Gasteiger partial charge is 0.416 e. The van der Waals surface area contributed by atoms with Crippen LogP contribution < -0.4 is 11.5 Å². The van der Waals surface area contributed by atoms with E-state index in [2.05, 4.69) is 9.98 Å². The third-order valence-electron chi connectivity index (χ3n) is 3.08. The number of rotatable bonds is 2. The van der Waals surface area contributed by atoms with E-state index in [0.717, 1.165) is 12.1 Å². The maximum absolute atomic E-state index is 12.4. The topological polar surface area (TPSA) is 80.0 Å². The molecular weight excluding hydrogens is 295 g/mol. The van der Waals surface area contributed by atoms with Crippen LogP contribution in [0.5, 0.6) is 0 Å². The molecule has 0 saturated carbocycles. The van der Waals surface area contributed by atoms with Crippen molar-refractivity contribution in [3.05, 3.63) is 47.5 Å². The number of nitrogens with zero attached hydrogens (tertiary/aromatic N) is 3. The highest BCUT2D eigenvalue weighted by molar-refractivity contribution is 5.93. The predicted molar refractivity (Wildman–Crippen MR) is 79.1 cm³/mol. The molecule has 0 bridgehead atoms. The van der Waals surface area contributed by atoms with Crippen LogP contribution in [0.1, 0.15) is 11.1 Å². The zero-order valence-corrected chi connectivity index (χ0v) is 11.7. The third kappa shape index (κ3) is 4.24. The Balaban J connectivity index is 1.97. The van der Waals surface area contributed by atoms with E-state index in [0.29, 0.717) is 18.7 Å². The predicted octanol–water partition coefficient (Wildman–Crippen LogP) is 1.71. The minimum Gasteiger partial charge on any atom is -0.369 e. The molecule has 0 amide bonds. The number of benzene rings is 1. The number of halogens is 3. The number of guanidine groups is 2. The van der Waals surface area contributed by atoms with Gasteiger partial charge in [0.2, 0.25) is 5.96 Å². The van der Waals surface area contributed by atoms with Crippen LogP contribution in [0.2, 0.25) is 0 Å². The highest BCUT2D eigenvalue weighted by Gasteiger charge is 2.29. The molecule has 0 atom stereocenters. The number of hydrogen-bond acceptors (Lipinski definition) is 1. The molecule has 0 unspecified atom stereocenters. The highest BCUT2D eigenvalue weighted by atomic mass is 19.4. The van der Waals surface area contributed by atoms with Gasteiger partial charge in [0.25, 0.3) is 0 Å². The molecule has 1 heterocycles. The lowest BCUT2D eigenvalue weighted by molar-refractivity contribution is -0.137. The zero-order chi connectivity index (χ0) is 16.2. The van der Waals surface area contributed by atoms with Crippen LogP contribution in [0.15, 0.2) is 46.4 Å². The molecule has 0 aliphatic carbocycles. The first-order valence-corrected chi connectivity index (χ1v) is 6.56. The third-order valence-corrected chi connectivity index (χ3v) is 3.08. The first-order chi connectivity index (χ1) is 10.4. The molecular formula is C14H16F3N5. The van der Waals surface area contributed by atoms with Crippen LogP contribution in [0.4, 0.5) is 13.2 Å². The fourth-order valence-corrected chi connectivity index (χ4v) is 1.86. The molecule has 8 heteroatoms. The molecule has 1 aromatic carbocycles. The second-order valence-electron chi connectivity index (χ2n) is 4.72. The summed E-state index contributed by atoms with van der Waals surface area (Å²) in [6.07, 6.45) is -0.431. The summed E-state index contributed by atoms with van der Waals surface area (Å²) in [7, 11) is 0. The zero-order valence-electron chi connectivity index (χ0n) is 11.7. The number of hydrogen-bond donors (Lipinski definition) is 2. The molecule has 0 saturated heterocycles. The molecule has 1 aromatic rings. The average Bonchev–Trinajstić information content (AvgIpc) is 2.99. The molecule has 5 nitrogen and oxygen atoms in total. The lowest BCUT2D eigenvalue weighted by Gasteiger charge is -2.15. The normalized spacial score (nSPS) is 16.4. The van der Waals surface area contributed by atoms with Gasteiger partial charge in [-0.15, -0.1) is 0 Å². The Bertz CT molecular complexity index is 594. The average molecular weight is 311 g/mol. The van der Waals surface area contributed by atoms with E-state index in [1.807, 2.05) is 12.2 Å². The maximum atomic E-state index is 12.4. The quantitative estimate of drug-likeness (QED) is 0.496. The van der Waals surface area contributed by atoms with Crippen molar-refractivity contribution in [1.82, 2.24) is 4.90 Å². The van der Waals surface area contributed by atoms with Crippen LogP contribution in [0, 0.1) is 0 Å². The van der Waals surface area contributed by atoms with Crippen molar-refractivity contribution in [2.75, 3.05) is 13.1 Å². The van der Waals surface area contributed by atoms with Crippen molar-refractivity contribution < 1.29 is 13.2 Å². The van der Waals surface area contributed by atoms with E-state index in [1.54, 1.807) is 4.90 Å². The molecule has 1 aliphatic rings. The Hall–Kier alpha value is -2.51. The van der Waals surface area contributed by atoms with Crippen LogP contribution >= 0.6 is 0 Å². The Morgan fingerprint density at radius 3 is 2.23 bits per heavy atom. The summed E-state index contributed by atoms with van der Waals surface area (Å²) < 4.78 is 37.3. The van der Waals surface area contributed by atoms with Crippen molar-refractivity contribution in [2.45, 2.75) is 12.7 Å². The summed E-state index contributed by atoms with van der Waals surface area (Å²) in [4.78, 5) is 9.76. The minimum absolute atomic E-state index is 0.00991. The van der Waals surface area contributed by atoms with Gasteiger partial charge in [-0.2, -0.15) is 18.2 Å². The first-order valence-electron chi connectivity index (χ1n) is 6.56. The lowest BCUT2D eigenvalue weighted by atomic mass is 10.1. The molecule has 118 valence electrons. The Morgan fingerprint density at radius 1 is 1.09 bits per heavy atom. The van der Waals surface area contributed by atoms with Crippen LogP contribution in [-0.2, 0) is 12.7 Å². The van der Waals surface area contributed by atoms with Gasteiger partial charge in [-0.25, -0.2) is 4.99 Å². The first kappa shape index (κ1) is 15.9. The Kier molecular flexibility index (Phi) is 4.69. The summed E-state index contributed by atoms with van der Waals surface area (Å²) in [5.41, 5.74) is 11.3. The van der Waals surface area contributed by atoms with Crippen molar-refractivity contribution in [3.63, 3.8) is 0 Å². The lowest BCUT2D eigenvalue weighted by Crippen LogP contribution is -2.36. The summed E-state index contributed by atoms with van der Waals surface area (Å²) in [5, 5.41) is 0. The van der Waals surface area contributed by atoms with Gasteiger partial charge in [-0.3, -0.25) is 0 Å². The van der Waals surface area contributed by atoms with Gasteiger partial charge in [-0.05, 0) is 17.7 Å². The SMILES string of the molecule is NC(=NCc1ccc(C(F)(F)F)cc1)N=C(N)N1CC=CC1. The van der Waals surface area contributed by atoms with Crippen LogP contribution in [-0.4, -0.2) is 29.9 Å². The molecule has 4 N–H and O–H groups in total. The van der Waals surface area contributed by atoms with E-state index in [9.17, 15) is 13.2 Å².